The van der Waals surface area contributed by atoms with Crippen molar-refractivity contribution in [1.29, 1.82) is 5.26 Å². The van der Waals surface area contributed by atoms with Gasteiger partial charge in [0.15, 0.2) is 0 Å². The number of hydrogen-bond acceptors (Lipinski definition) is 3. The van der Waals surface area contributed by atoms with Crippen LogP contribution in [0.5, 0.6) is 5.75 Å². The third-order valence-electron chi connectivity index (χ3n) is 2.18. The number of carbonyl (C=O) groups excluding carboxylic acids is 1. The number of rotatable bonds is 2. The Balaban J connectivity index is 2.91. The lowest BCUT2D eigenvalue weighted by atomic mass is 10.1. The number of hydrogen-bond donors (Lipinski definition) is 1. The molecule has 0 aromatic heterocycles. The van der Waals surface area contributed by atoms with Gasteiger partial charge in [0.1, 0.15) is 11.8 Å². The van der Waals surface area contributed by atoms with E-state index in [2.05, 4.69) is 0 Å². The lowest BCUT2D eigenvalue weighted by Gasteiger charge is -2.19. The highest BCUT2D eigenvalue weighted by molar-refractivity contribution is 5.94. The van der Waals surface area contributed by atoms with Gasteiger partial charge in [-0.15, -0.1) is 0 Å². The molecule has 1 atom stereocenters. The summed E-state index contributed by atoms with van der Waals surface area (Å²) in [7, 11) is 1.56. The van der Waals surface area contributed by atoms with Gasteiger partial charge in [0.25, 0.3) is 5.91 Å². The lowest BCUT2D eigenvalue weighted by molar-refractivity contribution is 0.0772. The second-order valence-electron chi connectivity index (χ2n) is 3.27. The van der Waals surface area contributed by atoms with E-state index < -0.39 is 6.04 Å². The molecular formula is C11H12N2O2. The zero-order valence-corrected chi connectivity index (χ0v) is 8.64. The summed E-state index contributed by atoms with van der Waals surface area (Å²) in [4.78, 5) is 13.1. The summed E-state index contributed by atoms with van der Waals surface area (Å²) in [6, 6.07) is 7.55. The Morgan fingerprint density at radius 3 is 2.80 bits per heavy atom. The molecule has 78 valence electrons. The topological polar surface area (TPSA) is 64.3 Å². The molecule has 0 aliphatic heterocycles. The molecule has 0 heterocycles. The van der Waals surface area contributed by atoms with Gasteiger partial charge in [-0.3, -0.25) is 4.79 Å². The summed E-state index contributed by atoms with van der Waals surface area (Å²) in [5.74, 6) is -0.237. The number of carbonyl (C=O) groups is 1. The average molecular weight is 204 g/mol. The molecule has 1 aromatic carbocycles. The number of phenols is 1. The minimum atomic E-state index is -0.486. The highest BCUT2D eigenvalue weighted by Gasteiger charge is 2.16. The molecule has 1 amide bonds. The number of amides is 1. The predicted molar refractivity (Wildman–Crippen MR) is 55.3 cm³/mol. The Hall–Kier alpha value is -2.02. The molecule has 0 radical (unpaired) electrons. The highest BCUT2D eigenvalue weighted by Crippen LogP contribution is 2.13. The second-order valence-corrected chi connectivity index (χ2v) is 3.27. The summed E-state index contributed by atoms with van der Waals surface area (Å²) in [6.45, 7) is 1.64. The number of nitrogens with zero attached hydrogens (tertiary/aromatic N) is 2. The van der Waals surface area contributed by atoms with E-state index in [0.29, 0.717) is 5.56 Å². The third-order valence-corrected chi connectivity index (χ3v) is 2.18. The first-order valence-electron chi connectivity index (χ1n) is 4.52. The Labute approximate surface area is 88.4 Å². The smallest absolute Gasteiger partial charge is 0.254 e. The van der Waals surface area contributed by atoms with Crippen LogP contribution in [-0.4, -0.2) is 29.0 Å². The van der Waals surface area contributed by atoms with Crippen LogP contribution in [0.4, 0.5) is 0 Å². The van der Waals surface area contributed by atoms with E-state index >= 15 is 0 Å². The summed E-state index contributed by atoms with van der Waals surface area (Å²) < 4.78 is 0. The Morgan fingerprint density at radius 2 is 2.27 bits per heavy atom. The molecule has 0 aliphatic rings. The highest BCUT2D eigenvalue weighted by atomic mass is 16.3. The average Bonchev–Trinajstić information content (AvgIpc) is 2.26. The maximum Gasteiger partial charge on any atom is 0.254 e. The predicted octanol–water partition coefficient (Wildman–Crippen LogP) is 1.38. The van der Waals surface area contributed by atoms with E-state index in [1.807, 2.05) is 6.07 Å². The molecule has 0 fully saturated rings. The van der Waals surface area contributed by atoms with E-state index in [9.17, 15) is 9.90 Å². The van der Waals surface area contributed by atoms with Crippen molar-refractivity contribution in [3.63, 3.8) is 0 Å². The van der Waals surface area contributed by atoms with E-state index in [4.69, 9.17) is 5.26 Å². The summed E-state index contributed by atoms with van der Waals surface area (Å²) >= 11 is 0. The van der Waals surface area contributed by atoms with Gasteiger partial charge in [0.05, 0.1) is 6.07 Å². The van der Waals surface area contributed by atoms with Crippen LogP contribution in [0.3, 0.4) is 0 Å². The first-order valence-corrected chi connectivity index (χ1v) is 4.52. The standard InChI is InChI=1S/C11H12N2O2/c1-8(7-12)13(2)11(15)9-4-3-5-10(14)6-9/h3-6,8,14H,1-2H3. The van der Waals surface area contributed by atoms with Gasteiger partial charge >= 0.3 is 0 Å². The summed E-state index contributed by atoms with van der Waals surface area (Å²) in [5.41, 5.74) is 0.375. The monoisotopic (exact) mass is 204 g/mol. The van der Waals surface area contributed by atoms with Crippen molar-refractivity contribution < 1.29 is 9.90 Å². The van der Waals surface area contributed by atoms with E-state index in [1.165, 1.54) is 17.0 Å². The molecule has 0 bridgehead atoms. The van der Waals surface area contributed by atoms with Gasteiger partial charge in [0.2, 0.25) is 0 Å². The van der Waals surface area contributed by atoms with Crippen molar-refractivity contribution in [1.82, 2.24) is 4.90 Å². The maximum absolute atomic E-state index is 11.8. The molecule has 1 unspecified atom stereocenters. The Kier molecular flexibility index (Phi) is 3.29. The summed E-state index contributed by atoms with van der Waals surface area (Å²) in [6.07, 6.45) is 0. The van der Waals surface area contributed by atoms with Gasteiger partial charge in [-0.25, -0.2) is 0 Å². The van der Waals surface area contributed by atoms with Crippen molar-refractivity contribution in [3.05, 3.63) is 29.8 Å². The molecule has 15 heavy (non-hydrogen) atoms. The molecule has 4 nitrogen and oxygen atoms in total. The van der Waals surface area contributed by atoms with Crippen molar-refractivity contribution in [2.45, 2.75) is 13.0 Å². The molecule has 0 saturated carbocycles. The molecule has 1 aromatic rings. The lowest BCUT2D eigenvalue weighted by Crippen LogP contribution is -2.33. The van der Waals surface area contributed by atoms with Gasteiger partial charge in [0, 0.05) is 12.6 Å². The molecule has 1 N–H and O–H groups in total. The quantitative estimate of drug-likeness (QED) is 0.791. The van der Waals surface area contributed by atoms with Crippen LogP contribution in [-0.2, 0) is 0 Å². The van der Waals surface area contributed by atoms with Crippen molar-refractivity contribution in [2.24, 2.45) is 0 Å². The third kappa shape index (κ3) is 2.47. The van der Waals surface area contributed by atoms with Crippen LogP contribution >= 0.6 is 0 Å². The van der Waals surface area contributed by atoms with Crippen LogP contribution < -0.4 is 0 Å². The summed E-state index contributed by atoms with van der Waals surface area (Å²) in [5, 5.41) is 17.9. The molecule has 4 heteroatoms. The maximum atomic E-state index is 11.8. The van der Waals surface area contributed by atoms with Crippen molar-refractivity contribution in [3.8, 4) is 11.8 Å². The largest absolute Gasteiger partial charge is 0.508 e. The number of aromatic hydroxyl groups is 1. The van der Waals surface area contributed by atoms with Gasteiger partial charge in [-0.05, 0) is 25.1 Å². The molecule has 0 aliphatic carbocycles. The van der Waals surface area contributed by atoms with Gasteiger partial charge < -0.3 is 10.0 Å². The van der Waals surface area contributed by atoms with E-state index in [1.54, 1.807) is 26.1 Å². The number of phenolic OH excluding ortho intramolecular Hbond substituents is 1. The fraction of sp³-hybridized carbons (Fsp3) is 0.273. The minimum Gasteiger partial charge on any atom is -0.508 e. The van der Waals surface area contributed by atoms with Crippen LogP contribution in [0.15, 0.2) is 24.3 Å². The first-order chi connectivity index (χ1) is 7.06. The van der Waals surface area contributed by atoms with Crippen LogP contribution in [0.1, 0.15) is 17.3 Å². The Morgan fingerprint density at radius 1 is 1.60 bits per heavy atom. The number of nitriles is 1. The molecular weight excluding hydrogens is 192 g/mol. The second kappa shape index (κ2) is 4.47. The van der Waals surface area contributed by atoms with Crippen molar-refractivity contribution >= 4 is 5.91 Å². The van der Waals surface area contributed by atoms with Gasteiger partial charge in [-0.2, -0.15) is 5.26 Å². The normalized spacial score (nSPS) is 11.5. The van der Waals surface area contributed by atoms with Crippen LogP contribution in [0.2, 0.25) is 0 Å². The molecule has 1 rings (SSSR count). The molecule has 0 spiro atoms. The molecule has 0 saturated heterocycles. The fourth-order valence-corrected chi connectivity index (χ4v) is 1.11. The SMILES string of the molecule is CC(C#N)N(C)C(=O)c1cccc(O)c1. The van der Waals surface area contributed by atoms with E-state index in [-0.39, 0.29) is 11.7 Å². The zero-order chi connectivity index (χ0) is 11.4. The fourth-order valence-electron chi connectivity index (χ4n) is 1.11. The Bertz CT molecular complexity index is 409. The van der Waals surface area contributed by atoms with Crippen LogP contribution in [0.25, 0.3) is 0 Å². The minimum absolute atomic E-state index is 0.0406. The zero-order valence-electron chi connectivity index (χ0n) is 8.64. The van der Waals surface area contributed by atoms with E-state index in [0.717, 1.165) is 0 Å². The van der Waals surface area contributed by atoms with Gasteiger partial charge in [-0.1, -0.05) is 6.07 Å². The number of benzene rings is 1. The first kappa shape index (κ1) is 11.1. The van der Waals surface area contributed by atoms with Crippen LogP contribution in [0, 0.1) is 11.3 Å². The van der Waals surface area contributed by atoms with Crippen molar-refractivity contribution in [2.75, 3.05) is 7.05 Å².